The molecule has 0 aliphatic carbocycles. The third kappa shape index (κ3) is 5.22. The van der Waals surface area contributed by atoms with Crippen molar-refractivity contribution in [2.75, 3.05) is 0 Å². The summed E-state index contributed by atoms with van der Waals surface area (Å²) in [6, 6.07) is 51.7. The average molecular weight is 611 g/mol. The Kier molecular flexibility index (Phi) is 7.45. The van der Waals surface area contributed by atoms with Gasteiger partial charge >= 0.3 is 0 Å². The predicted molar refractivity (Wildman–Crippen MR) is 202 cm³/mol. The van der Waals surface area contributed by atoms with E-state index in [1.165, 1.54) is 66.7 Å². The van der Waals surface area contributed by atoms with Crippen molar-refractivity contribution in [1.82, 2.24) is 9.13 Å². The molecule has 2 heterocycles. The molecular formula is C45H42N2. The van der Waals surface area contributed by atoms with Crippen LogP contribution in [-0.2, 0) is 6.42 Å². The smallest absolute Gasteiger partial charge is 0.0541 e. The fraction of sp³-hybridized carbons (Fsp3) is 0.200. The molecule has 0 amide bonds. The van der Waals surface area contributed by atoms with E-state index >= 15 is 0 Å². The molecule has 0 fully saturated rings. The van der Waals surface area contributed by atoms with Crippen LogP contribution in [0.5, 0.6) is 0 Å². The molecular weight excluding hydrogens is 569 g/mol. The van der Waals surface area contributed by atoms with Gasteiger partial charge < -0.3 is 9.13 Å². The maximum absolute atomic E-state index is 2.44. The van der Waals surface area contributed by atoms with Crippen LogP contribution in [0.4, 0.5) is 0 Å². The Morgan fingerprint density at radius 2 is 0.851 bits per heavy atom. The molecule has 1 atom stereocenters. The molecule has 232 valence electrons. The second-order valence-electron chi connectivity index (χ2n) is 14.0. The third-order valence-corrected chi connectivity index (χ3v) is 10.1. The van der Waals surface area contributed by atoms with E-state index < -0.39 is 0 Å². The molecule has 2 nitrogen and oxygen atoms in total. The number of nitrogens with zero attached hydrogens (tertiary/aromatic N) is 2. The summed E-state index contributed by atoms with van der Waals surface area (Å²) >= 11 is 0. The summed E-state index contributed by atoms with van der Waals surface area (Å²) in [7, 11) is 0. The lowest BCUT2D eigenvalue weighted by Gasteiger charge is -2.23. The third-order valence-electron chi connectivity index (χ3n) is 10.1. The molecule has 8 rings (SSSR count). The Morgan fingerprint density at radius 1 is 0.447 bits per heavy atom. The minimum atomic E-state index is 0.675. The number of aromatic nitrogens is 2. The van der Waals surface area contributed by atoms with Crippen LogP contribution in [0.2, 0.25) is 0 Å². The van der Waals surface area contributed by atoms with E-state index in [9.17, 15) is 0 Å². The normalized spacial score (nSPS) is 12.7. The molecule has 0 saturated carbocycles. The molecule has 0 spiro atoms. The Morgan fingerprint density at radius 3 is 1.23 bits per heavy atom. The van der Waals surface area contributed by atoms with E-state index in [4.69, 9.17) is 0 Å². The molecule has 47 heavy (non-hydrogen) atoms. The Balaban J connectivity index is 1.34. The molecule has 0 bridgehead atoms. The van der Waals surface area contributed by atoms with Gasteiger partial charge in [0, 0.05) is 32.9 Å². The van der Waals surface area contributed by atoms with Crippen molar-refractivity contribution in [1.29, 1.82) is 0 Å². The van der Waals surface area contributed by atoms with Crippen molar-refractivity contribution in [3.05, 3.63) is 145 Å². The minimum Gasteiger partial charge on any atom is -0.309 e. The van der Waals surface area contributed by atoms with E-state index in [0.29, 0.717) is 17.8 Å². The number of para-hydroxylation sites is 4. The number of hydrogen-bond donors (Lipinski definition) is 0. The molecule has 2 heteroatoms. The van der Waals surface area contributed by atoms with Crippen molar-refractivity contribution in [2.45, 2.75) is 40.5 Å². The summed E-state index contributed by atoms with van der Waals surface area (Å²) in [5, 5.41) is 5.10. The van der Waals surface area contributed by atoms with Gasteiger partial charge in [0.25, 0.3) is 0 Å². The van der Waals surface area contributed by atoms with Crippen LogP contribution in [-0.4, -0.2) is 9.13 Å². The van der Waals surface area contributed by atoms with E-state index in [1.807, 2.05) is 0 Å². The minimum absolute atomic E-state index is 0.675. The monoisotopic (exact) mass is 610 g/mol. The lowest BCUT2D eigenvalue weighted by atomic mass is 9.83. The van der Waals surface area contributed by atoms with E-state index in [0.717, 1.165) is 17.8 Å². The summed E-state index contributed by atoms with van der Waals surface area (Å²) in [6.45, 7) is 9.43. The number of benzene rings is 6. The van der Waals surface area contributed by atoms with Crippen LogP contribution in [0, 0.1) is 17.8 Å². The first-order valence-corrected chi connectivity index (χ1v) is 17.2. The zero-order valence-electron chi connectivity index (χ0n) is 27.8. The van der Waals surface area contributed by atoms with Crippen LogP contribution in [0.25, 0.3) is 66.1 Å². The SMILES string of the molecule is CC(C)CC(Cc1ccc(-c2cc(-n3c4ccccc4c4ccccc43)cc(-n3c4ccccc4c4ccccc43)c2)cc1)C(C)C. The van der Waals surface area contributed by atoms with E-state index in [2.05, 4.69) is 176 Å². The maximum atomic E-state index is 2.44. The number of hydrogen-bond acceptors (Lipinski definition) is 0. The predicted octanol–water partition coefficient (Wildman–Crippen LogP) is 12.4. The van der Waals surface area contributed by atoms with Gasteiger partial charge in [-0.1, -0.05) is 125 Å². The van der Waals surface area contributed by atoms with Crippen molar-refractivity contribution < 1.29 is 0 Å². The topological polar surface area (TPSA) is 9.86 Å². The van der Waals surface area contributed by atoms with Crippen molar-refractivity contribution in [2.24, 2.45) is 17.8 Å². The Bertz CT molecular complexity index is 2130. The Hall–Kier alpha value is -5.08. The van der Waals surface area contributed by atoms with Crippen LogP contribution >= 0.6 is 0 Å². The van der Waals surface area contributed by atoms with Crippen molar-refractivity contribution in [3.8, 4) is 22.5 Å². The molecule has 8 aromatic rings. The van der Waals surface area contributed by atoms with Crippen LogP contribution in [0.3, 0.4) is 0 Å². The van der Waals surface area contributed by atoms with Gasteiger partial charge in [0.05, 0.1) is 22.1 Å². The quantitative estimate of drug-likeness (QED) is 0.162. The molecule has 2 aromatic heterocycles. The van der Waals surface area contributed by atoms with Crippen LogP contribution < -0.4 is 0 Å². The maximum Gasteiger partial charge on any atom is 0.0541 e. The molecule has 6 aromatic carbocycles. The van der Waals surface area contributed by atoms with Gasteiger partial charge in [0.15, 0.2) is 0 Å². The van der Waals surface area contributed by atoms with Crippen molar-refractivity contribution >= 4 is 43.6 Å². The van der Waals surface area contributed by atoms with Gasteiger partial charge in [-0.3, -0.25) is 0 Å². The molecule has 0 saturated heterocycles. The van der Waals surface area contributed by atoms with Crippen LogP contribution in [0.15, 0.2) is 140 Å². The fourth-order valence-corrected chi connectivity index (χ4v) is 7.75. The summed E-state index contributed by atoms with van der Waals surface area (Å²) in [5.41, 5.74) is 11.1. The van der Waals surface area contributed by atoms with E-state index in [-0.39, 0.29) is 0 Å². The highest BCUT2D eigenvalue weighted by atomic mass is 15.0. The fourth-order valence-electron chi connectivity index (χ4n) is 7.75. The zero-order chi connectivity index (χ0) is 32.1. The molecule has 0 aliphatic heterocycles. The molecule has 1 unspecified atom stereocenters. The number of rotatable bonds is 8. The largest absolute Gasteiger partial charge is 0.309 e. The second kappa shape index (κ2) is 11.9. The first-order valence-electron chi connectivity index (χ1n) is 17.2. The number of fused-ring (bicyclic) bond motifs is 6. The van der Waals surface area contributed by atoms with Crippen LogP contribution in [0.1, 0.15) is 39.7 Å². The second-order valence-corrected chi connectivity index (χ2v) is 14.0. The highest BCUT2D eigenvalue weighted by molar-refractivity contribution is 6.10. The molecule has 0 radical (unpaired) electrons. The lowest BCUT2D eigenvalue weighted by Crippen LogP contribution is -2.14. The summed E-state index contributed by atoms with van der Waals surface area (Å²) in [4.78, 5) is 0. The summed E-state index contributed by atoms with van der Waals surface area (Å²) in [5.74, 6) is 2.08. The van der Waals surface area contributed by atoms with Gasteiger partial charge in [-0.05, 0) is 89.8 Å². The highest BCUT2D eigenvalue weighted by Crippen LogP contribution is 2.38. The van der Waals surface area contributed by atoms with Gasteiger partial charge in [0.2, 0.25) is 0 Å². The van der Waals surface area contributed by atoms with E-state index in [1.54, 1.807) is 0 Å². The molecule has 0 N–H and O–H groups in total. The Labute approximate surface area is 277 Å². The average Bonchev–Trinajstić information content (AvgIpc) is 3.61. The van der Waals surface area contributed by atoms with Gasteiger partial charge in [-0.25, -0.2) is 0 Å². The van der Waals surface area contributed by atoms with Gasteiger partial charge in [-0.2, -0.15) is 0 Å². The first-order chi connectivity index (χ1) is 23.0. The highest BCUT2D eigenvalue weighted by Gasteiger charge is 2.18. The lowest BCUT2D eigenvalue weighted by molar-refractivity contribution is 0.315. The molecule has 0 aliphatic rings. The van der Waals surface area contributed by atoms with Crippen molar-refractivity contribution in [3.63, 3.8) is 0 Å². The summed E-state index contributed by atoms with van der Waals surface area (Å²) < 4.78 is 4.89. The first kappa shape index (κ1) is 29.3. The summed E-state index contributed by atoms with van der Waals surface area (Å²) in [6.07, 6.45) is 2.40. The standard InChI is InChI=1S/C45H42N2/c1-30(2)25-34(31(3)4)26-32-21-23-33(24-22-32)35-27-36(46-42-17-9-5-13-38(42)39-14-6-10-18-43(39)46)29-37(28-35)47-44-19-11-7-15-40(44)41-16-8-12-20-45(41)47/h5-24,27-31,34H,25-26H2,1-4H3. The van der Waals surface area contributed by atoms with Gasteiger partial charge in [0.1, 0.15) is 0 Å². The van der Waals surface area contributed by atoms with Gasteiger partial charge in [-0.15, -0.1) is 0 Å². The zero-order valence-corrected chi connectivity index (χ0v) is 27.8.